The van der Waals surface area contributed by atoms with Crippen LogP contribution >= 0.6 is 11.3 Å². The molecule has 1 saturated heterocycles. The molecule has 1 aromatic heterocycles. The molecule has 80 valence electrons. The summed E-state index contributed by atoms with van der Waals surface area (Å²) in [7, 11) is 0. The van der Waals surface area contributed by atoms with Gasteiger partial charge in [-0.3, -0.25) is 4.79 Å². The molecule has 2 fully saturated rings. The third-order valence-corrected chi connectivity index (χ3v) is 4.45. The second kappa shape index (κ2) is 2.72. The lowest BCUT2D eigenvalue weighted by Gasteiger charge is -2.17. The van der Waals surface area contributed by atoms with E-state index in [1.165, 1.54) is 17.8 Å². The van der Waals surface area contributed by atoms with Gasteiger partial charge in [0.2, 0.25) is 0 Å². The molecule has 0 bridgehead atoms. The molecule has 2 atom stereocenters. The molecule has 3 rings (SSSR count). The first-order valence-electron chi connectivity index (χ1n) is 5.09. The van der Waals surface area contributed by atoms with Crippen molar-refractivity contribution in [2.24, 2.45) is 17.1 Å². The summed E-state index contributed by atoms with van der Waals surface area (Å²) in [4.78, 5) is 17.4. The summed E-state index contributed by atoms with van der Waals surface area (Å²) in [5, 5.41) is 2.68. The maximum atomic E-state index is 10.9. The van der Waals surface area contributed by atoms with Crippen molar-refractivity contribution < 1.29 is 4.79 Å². The van der Waals surface area contributed by atoms with Crippen LogP contribution in [0.1, 0.15) is 23.8 Å². The summed E-state index contributed by atoms with van der Waals surface area (Å²) in [5.41, 5.74) is 6.08. The third kappa shape index (κ3) is 1.33. The number of carbonyl (C=O) groups is 1. The van der Waals surface area contributed by atoms with Crippen LogP contribution in [-0.2, 0) is 0 Å². The van der Waals surface area contributed by atoms with Gasteiger partial charge in [-0.1, -0.05) is 6.92 Å². The van der Waals surface area contributed by atoms with Crippen molar-refractivity contribution in [1.82, 2.24) is 4.98 Å². The minimum absolute atomic E-state index is 0.390. The van der Waals surface area contributed by atoms with Gasteiger partial charge < -0.3 is 10.6 Å². The molecule has 2 unspecified atom stereocenters. The number of nitrogens with zero attached hydrogens (tertiary/aromatic N) is 2. The first kappa shape index (κ1) is 9.15. The number of carbonyl (C=O) groups excluding carboxylic acids is 1. The molecule has 2 N–H and O–H groups in total. The minimum atomic E-state index is -0.437. The smallest absolute Gasteiger partial charge is 0.268 e. The average molecular weight is 223 g/mol. The highest BCUT2D eigenvalue weighted by Crippen LogP contribution is 2.58. The number of hydrogen-bond acceptors (Lipinski definition) is 4. The zero-order valence-electron chi connectivity index (χ0n) is 8.56. The van der Waals surface area contributed by atoms with Crippen molar-refractivity contribution in [2.75, 3.05) is 18.0 Å². The Morgan fingerprint density at radius 1 is 1.80 bits per heavy atom. The van der Waals surface area contributed by atoms with Crippen molar-refractivity contribution in [3.05, 3.63) is 11.1 Å². The molecule has 1 aromatic rings. The van der Waals surface area contributed by atoms with Gasteiger partial charge >= 0.3 is 0 Å². The number of piperidine rings is 1. The number of primary amides is 1. The van der Waals surface area contributed by atoms with Crippen molar-refractivity contribution in [3.63, 3.8) is 0 Å². The Hall–Kier alpha value is -1.10. The molecule has 1 amide bonds. The standard InChI is InChI=1S/C10H13N3OS/c1-10-2-6(10)3-13(5-10)9-12-7(4-15-9)8(11)14/h4,6H,2-3,5H2,1H3,(H2,11,14). The van der Waals surface area contributed by atoms with Gasteiger partial charge in [-0.25, -0.2) is 4.98 Å². The predicted molar refractivity (Wildman–Crippen MR) is 59.1 cm³/mol. The number of nitrogens with two attached hydrogens (primary N) is 1. The number of anilines is 1. The lowest BCUT2D eigenvalue weighted by molar-refractivity contribution is 0.0996. The van der Waals surface area contributed by atoms with Crippen molar-refractivity contribution >= 4 is 22.4 Å². The summed E-state index contributed by atoms with van der Waals surface area (Å²) >= 11 is 1.51. The summed E-state index contributed by atoms with van der Waals surface area (Å²) in [6, 6.07) is 0. The highest BCUT2D eigenvalue weighted by Gasteiger charge is 2.56. The molecule has 4 nitrogen and oxygen atoms in total. The van der Waals surface area contributed by atoms with Crippen molar-refractivity contribution in [3.8, 4) is 0 Å². The third-order valence-electron chi connectivity index (χ3n) is 3.55. The molecule has 15 heavy (non-hydrogen) atoms. The van der Waals surface area contributed by atoms with Gasteiger partial charge in [-0.2, -0.15) is 0 Å². The van der Waals surface area contributed by atoms with Crippen LogP contribution in [0.25, 0.3) is 0 Å². The van der Waals surface area contributed by atoms with E-state index in [1.807, 2.05) is 0 Å². The van der Waals surface area contributed by atoms with E-state index in [-0.39, 0.29) is 0 Å². The topological polar surface area (TPSA) is 59.2 Å². The fourth-order valence-corrected chi connectivity index (χ4v) is 3.24. The van der Waals surface area contributed by atoms with E-state index in [4.69, 9.17) is 5.73 Å². The molecule has 1 aliphatic carbocycles. The Morgan fingerprint density at radius 2 is 2.60 bits per heavy atom. The molecule has 0 spiro atoms. The maximum Gasteiger partial charge on any atom is 0.268 e. The average Bonchev–Trinajstić information content (AvgIpc) is 2.62. The second-order valence-corrected chi connectivity index (χ2v) is 5.65. The molecular formula is C10H13N3OS. The number of amides is 1. The molecule has 2 aliphatic rings. The highest BCUT2D eigenvalue weighted by atomic mass is 32.1. The monoisotopic (exact) mass is 223 g/mol. The fourth-order valence-electron chi connectivity index (χ4n) is 2.42. The molecule has 5 heteroatoms. The zero-order chi connectivity index (χ0) is 10.6. The summed E-state index contributed by atoms with van der Waals surface area (Å²) in [6.07, 6.45) is 1.34. The largest absolute Gasteiger partial charge is 0.364 e. The lowest BCUT2D eigenvalue weighted by Crippen LogP contribution is -2.23. The van der Waals surface area contributed by atoms with E-state index in [0.717, 1.165) is 24.1 Å². The number of fused-ring (bicyclic) bond motifs is 1. The Kier molecular flexibility index (Phi) is 1.66. The normalized spacial score (nSPS) is 32.9. The van der Waals surface area contributed by atoms with Crippen molar-refractivity contribution in [1.29, 1.82) is 0 Å². The Morgan fingerprint density at radius 3 is 3.13 bits per heavy atom. The van der Waals surface area contributed by atoms with Crippen LogP contribution in [0, 0.1) is 11.3 Å². The predicted octanol–water partition coefficient (Wildman–Crippen LogP) is 1.09. The van der Waals surface area contributed by atoms with E-state index >= 15 is 0 Å². The molecule has 1 aliphatic heterocycles. The number of rotatable bonds is 2. The molecule has 2 heterocycles. The van der Waals surface area contributed by atoms with Crippen LogP contribution in [0.15, 0.2) is 5.38 Å². The molecular weight excluding hydrogens is 210 g/mol. The first-order valence-corrected chi connectivity index (χ1v) is 5.97. The minimum Gasteiger partial charge on any atom is -0.364 e. The highest BCUT2D eigenvalue weighted by molar-refractivity contribution is 7.13. The molecule has 1 saturated carbocycles. The van der Waals surface area contributed by atoms with E-state index in [0.29, 0.717) is 11.1 Å². The fraction of sp³-hybridized carbons (Fsp3) is 0.600. The van der Waals surface area contributed by atoms with E-state index in [9.17, 15) is 4.79 Å². The molecule has 0 aromatic carbocycles. The van der Waals surface area contributed by atoms with Crippen LogP contribution in [0.2, 0.25) is 0 Å². The SMILES string of the molecule is CC12CC1CN(c1nc(C(N)=O)cs1)C2. The summed E-state index contributed by atoms with van der Waals surface area (Å²) < 4.78 is 0. The van der Waals surface area contributed by atoms with Crippen molar-refractivity contribution in [2.45, 2.75) is 13.3 Å². The maximum absolute atomic E-state index is 10.9. The second-order valence-electron chi connectivity index (χ2n) is 4.82. The number of thiazole rings is 1. The number of hydrogen-bond donors (Lipinski definition) is 1. The van der Waals surface area contributed by atoms with Crippen LogP contribution in [-0.4, -0.2) is 24.0 Å². The van der Waals surface area contributed by atoms with Gasteiger partial charge in [0.15, 0.2) is 5.13 Å². The summed E-state index contributed by atoms with van der Waals surface area (Å²) in [5.74, 6) is 0.395. The Bertz CT molecular complexity index is 430. The molecule has 0 radical (unpaired) electrons. The first-order chi connectivity index (χ1) is 7.08. The Balaban J connectivity index is 1.80. The Labute approximate surface area is 92.1 Å². The zero-order valence-corrected chi connectivity index (χ0v) is 9.38. The van der Waals surface area contributed by atoms with Gasteiger partial charge in [0.1, 0.15) is 5.69 Å². The van der Waals surface area contributed by atoms with Gasteiger partial charge in [0, 0.05) is 18.5 Å². The quantitative estimate of drug-likeness (QED) is 0.816. The van der Waals surface area contributed by atoms with E-state index < -0.39 is 5.91 Å². The lowest BCUT2D eigenvalue weighted by atomic mass is 10.1. The van der Waals surface area contributed by atoms with Gasteiger partial charge in [-0.15, -0.1) is 11.3 Å². The van der Waals surface area contributed by atoms with Crippen LogP contribution in [0.5, 0.6) is 0 Å². The summed E-state index contributed by atoms with van der Waals surface area (Å²) in [6.45, 7) is 4.48. The number of aromatic nitrogens is 1. The van der Waals surface area contributed by atoms with Gasteiger partial charge in [-0.05, 0) is 17.8 Å². The van der Waals surface area contributed by atoms with E-state index in [1.54, 1.807) is 5.38 Å². The van der Waals surface area contributed by atoms with Gasteiger partial charge in [0.05, 0.1) is 0 Å². The van der Waals surface area contributed by atoms with E-state index in [2.05, 4.69) is 16.8 Å². The van der Waals surface area contributed by atoms with Gasteiger partial charge in [0.25, 0.3) is 5.91 Å². The van der Waals surface area contributed by atoms with Crippen LogP contribution < -0.4 is 10.6 Å². The van der Waals surface area contributed by atoms with Crippen LogP contribution in [0.4, 0.5) is 5.13 Å². The van der Waals surface area contributed by atoms with Crippen LogP contribution in [0.3, 0.4) is 0 Å².